The van der Waals surface area contributed by atoms with E-state index in [1.807, 2.05) is 0 Å². The van der Waals surface area contributed by atoms with Crippen LogP contribution in [-0.4, -0.2) is 24.2 Å². The average Bonchev–Trinajstić information content (AvgIpc) is 2.80. The third-order valence-corrected chi connectivity index (χ3v) is 5.46. The molecule has 0 aromatic carbocycles. The van der Waals surface area contributed by atoms with Gasteiger partial charge in [-0.3, -0.25) is 4.57 Å². The lowest BCUT2D eigenvalue weighted by Gasteiger charge is -2.17. The van der Waals surface area contributed by atoms with E-state index in [2.05, 4.69) is 24.6 Å². The normalized spacial score (nSPS) is 13.0. The zero-order valence-corrected chi connectivity index (χ0v) is 15.1. The van der Waals surface area contributed by atoms with Crippen molar-refractivity contribution >= 4 is 30.7 Å². The first-order valence-electron chi connectivity index (χ1n) is 7.31. The molecular weight excluding hydrogens is 345 g/mol. The van der Waals surface area contributed by atoms with Gasteiger partial charge in [0.1, 0.15) is 18.1 Å². The van der Waals surface area contributed by atoms with Gasteiger partial charge in [-0.15, -0.1) is 11.6 Å². The third kappa shape index (κ3) is 4.71. The Balaban J connectivity index is 2.28. The van der Waals surface area contributed by atoms with Crippen LogP contribution in [0.25, 0.3) is 11.0 Å². The smallest absolute Gasteiger partial charge is 0.361 e. The highest BCUT2D eigenvalue weighted by Gasteiger charge is 2.35. The van der Waals surface area contributed by atoms with Gasteiger partial charge in [0.25, 0.3) is 0 Å². The van der Waals surface area contributed by atoms with Gasteiger partial charge in [-0.2, -0.15) is 13.2 Å². The van der Waals surface area contributed by atoms with Crippen molar-refractivity contribution in [1.82, 2.24) is 9.55 Å². The van der Waals surface area contributed by atoms with E-state index in [0.29, 0.717) is 17.6 Å². The average molecular weight is 365 g/mol. The van der Waals surface area contributed by atoms with Crippen LogP contribution in [0.3, 0.4) is 0 Å². The minimum atomic E-state index is -4.45. The van der Waals surface area contributed by atoms with Gasteiger partial charge in [-0.1, -0.05) is 19.6 Å². The van der Waals surface area contributed by atoms with E-state index in [4.69, 9.17) is 16.3 Å². The topological polar surface area (TPSA) is 27.1 Å². The Morgan fingerprint density at radius 1 is 1.26 bits per heavy atom. The van der Waals surface area contributed by atoms with Gasteiger partial charge >= 0.3 is 6.18 Å². The second-order valence-electron chi connectivity index (χ2n) is 6.69. The van der Waals surface area contributed by atoms with Crippen molar-refractivity contribution in [1.29, 1.82) is 0 Å². The number of pyridine rings is 1. The molecule has 8 heteroatoms. The Morgan fingerprint density at radius 2 is 1.96 bits per heavy atom. The van der Waals surface area contributed by atoms with Crippen LogP contribution in [0.2, 0.25) is 25.7 Å². The van der Waals surface area contributed by atoms with E-state index in [0.717, 1.165) is 16.7 Å². The minimum absolute atomic E-state index is 0.157. The lowest BCUT2D eigenvalue weighted by molar-refractivity contribution is -0.145. The zero-order valence-electron chi connectivity index (χ0n) is 13.4. The lowest BCUT2D eigenvalue weighted by Crippen LogP contribution is -2.22. The molecule has 0 aliphatic heterocycles. The zero-order chi connectivity index (χ0) is 17.3. The van der Waals surface area contributed by atoms with Gasteiger partial charge in [0.2, 0.25) is 0 Å². The molecule has 2 aromatic rings. The molecule has 0 amide bonds. The molecule has 0 bridgehead atoms. The maximum absolute atomic E-state index is 13.2. The fraction of sp³-hybridized carbons (Fsp3) is 0.533. The summed E-state index contributed by atoms with van der Waals surface area (Å²) in [6, 6.07) is 3.63. The predicted octanol–water partition coefficient (Wildman–Crippen LogP) is 5.11. The van der Waals surface area contributed by atoms with Crippen LogP contribution >= 0.6 is 11.6 Å². The van der Waals surface area contributed by atoms with E-state index in [1.54, 1.807) is 6.07 Å². The highest BCUT2D eigenvalue weighted by molar-refractivity contribution is 6.76. The largest absolute Gasteiger partial charge is 0.431 e. The van der Waals surface area contributed by atoms with Gasteiger partial charge in [-0.05, 0) is 23.7 Å². The molecule has 0 fully saturated rings. The molecule has 2 aromatic heterocycles. The van der Waals surface area contributed by atoms with Gasteiger partial charge < -0.3 is 4.74 Å². The third-order valence-electron chi connectivity index (χ3n) is 3.45. The molecule has 0 saturated carbocycles. The number of ether oxygens (including phenoxy) is 1. The van der Waals surface area contributed by atoms with Gasteiger partial charge in [0.05, 0.1) is 0 Å². The molecule has 2 heterocycles. The lowest BCUT2D eigenvalue weighted by atomic mass is 10.2. The summed E-state index contributed by atoms with van der Waals surface area (Å²) in [6.45, 7) is 6.87. The monoisotopic (exact) mass is 364 g/mol. The summed E-state index contributed by atoms with van der Waals surface area (Å²) in [4.78, 5) is 4.12. The SMILES string of the molecule is C[Si](C)(C)CCOCn1c(C(F)(F)F)cc2cc(CCl)cnc21. The molecule has 3 nitrogen and oxygen atoms in total. The molecule has 0 aliphatic carbocycles. The first-order chi connectivity index (χ1) is 10.6. The number of halogens is 4. The number of nitrogens with zero attached hydrogens (tertiary/aromatic N) is 2. The molecule has 0 N–H and O–H groups in total. The van der Waals surface area contributed by atoms with Crippen LogP contribution in [0.15, 0.2) is 18.3 Å². The van der Waals surface area contributed by atoms with Crippen LogP contribution < -0.4 is 0 Å². The summed E-state index contributed by atoms with van der Waals surface area (Å²) in [5, 5.41) is 0.421. The van der Waals surface area contributed by atoms with Crippen molar-refractivity contribution in [2.24, 2.45) is 0 Å². The quantitative estimate of drug-likeness (QED) is 0.405. The van der Waals surface area contributed by atoms with Crippen LogP contribution in [0.4, 0.5) is 13.2 Å². The van der Waals surface area contributed by atoms with Gasteiger partial charge in [0.15, 0.2) is 0 Å². The molecule has 0 radical (unpaired) electrons. The molecule has 0 atom stereocenters. The van der Waals surface area contributed by atoms with Crippen molar-refractivity contribution in [2.45, 2.75) is 44.5 Å². The van der Waals surface area contributed by atoms with E-state index >= 15 is 0 Å². The van der Waals surface area contributed by atoms with Crippen molar-refractivity contribution in [3.63, 3.8) is 0 Å². The molecular formula is C15H20ClF3N2OSi. The number of fused-ring (bicyclic) bond motifs is 1. The summed E-state index contributed by atoms with van der Waals surface area (Å²) in [7, 11) is -1.28. The maximum Gasteiger partial charge on any atom is 0.431 e. The molecule has 2 rings (SSSR count). The van der Waals surface area contributed by atoms with Crippen LogP contribution in [-0.2, 0) is 23.5 Å². The summed E-state index contributed by atoms with van der Waals surface area (Å²) >= 11 is 5.72. The van der Waals surface area contributed by atoms with Crippen molar-refractivity contribution < 1.29 is 17.9 Å². The Kier molecular flexibility index (Phi) is 5.43. The molecule has 128 valence electrons. The Morgan fingerprint density at radius 3 is 2.52 bits per heavy atom. The number of hydrogen-bond acceptors (Lipinski definition) is 2. The maximum atomic E-state index is 13.2. The first-order valence-corrected chi connectivity index (χ1v) is 11.5. The van der Waals surface area contributed by atoms with Crippen LogP contribution in [0, 0.1) is 0 Å². The number of hydrogen-bond donors (Lipinski definition) is 0. The molecule has 0 spiro atoms. The van der Waals surface area contributed by atoms with Crippen LogP contribution in [0.5, 0.6) is 0 Å². The van der Waals surface area contributed by atoms with Crippen molar-refractivity contribution in [2.75, 3.05) is 6.61 Å². The summed E-state index contributed by atoms with van der Waals surface area (Å²) < 4.78 is 46.3. The highest BCUT2D eigenvalue weighted by atomic mass is 35.5. The number of rotatable bonds is 6. The second-order valence-corrected chi connectivity index (χ2v) is 12.6. The standard InChI is InChI=1S/C15H20ClF3N2OSi/c1-23(2,3)5-4-22-10-21-13(15(17,18)19)7-12-6-11(8-16)9-20-14(12)21/h6-7,9H,4-5,8,10H2,1-3H3. The van der Waals surface area contributed by atoms with Crippen LogP contribution in [0.1, 0.15) is 11.3 Å². The summed E-state index contributed by atoms with van der Waals surface area (Å²) in [6.07, 6.45) is -2.96. The molecule has 23 heavy (non-hydrogen) atoms. The Hall–Kier alpha value is -1.05. The van der Waals surface area contributed by atoms with Gasteiger partial charge in [0, 0.05) is 32.1 Å². The number of alkyl halides is 4. The first kappa shape index (κ1) is 18.3. The molecule has 0 aliphatic rings. The molecule has 0 saturated heterocycles. The van der Waals surface area contributed by atoms with E-state index in [1.165, 1.54) is 6.20 Å². The van der Waals surface area contributed by atoms with E-state index in [-0.39, 0.29) is 18.3 Å². The summed E-state index contributed by atoms with van der Waals surface area (Å²) in [5.41, 5.74) is 0.198. The fourth-order valence-electron chi connectivity index (χ4n) is 2.16. The summed E-state index contributed by atoms with van der Waals surface area (Å²) in [5.74, 6) is 0.210. The number of aromatic nitrogens is 2. The second kappa shape index (κ2) is 6.82. The Bertz CT molecular complexity index is 680. The van der Waals surface area contributed by atoms with Gasteiger partial charge in [-0.25, -0.2) is 4.98 Å². The minimum Gasteiger partial charge on any atom is -0.361 e. The van der Waals surface area contributed by atoms with Crippen molar-refractivity contribution in [3.05, 3.63) is 29.6 Å². The molecule has 0 unspecified atom stereocenters. The predicted molar refractivity (Wildman–Crippen MR) is 88.4 cm³/mol. The Labute approximate surface area is 139 Å². The van der Waals surface area contributed by atoms with E-state index < -0.39 is 19.9 Å². The van der Waals surface area contributed by atoms with Crippen molar-refractivity contribution in [3.8, 4) is 0 Å². The fourth-order valence-corrected chi connectivity index (χ4v) is 3.07. The van der Waals surface area contributed by atoms with E-state index in [9.17, 15) is 13.2 Å². The highest BCUT2D eigenvalue weighted by Crippen LogP contribution is 2.33.